The van der Waals surface area contributed by atoms with Crippen molar-refractivity contribution in [2.75, 3.05) is 5.75 Å². The summed E-state index contributed by atoms with van der Waals surface area (Å²) < 4.78 is 0. The Morgan fingerprint density at radius 1 is 1.31 bits per heavy atom. The summed E-state index contributed by atoms with van der Waals surface area (Å²) in [5.41, 5.74) is 0.961. The van der Waals surface area contributed by atoms with Crippen LogP contribution >= 0.6 is 23.4 Å². The minimum atomic E-state index is 0.678. The van der Waals surface area contributed by atoms with Crippen molar-refractivity contribution in [2.45, 2.75) is 5.16 Å². The molecule has 3 nitrogen and oxygen atoms in total. The molecule has 1 heterocycles. The minimum Gasteiger partial charge on any atom is -0.254 e. The van der Waals surface area contributed by atoms with E-state index in [-0.39, 0.29) is 0 Å². The summed E-state index contributed by atoms with van der Waals surface area (Å²) >= 11 is 7.29. The quantitative estimate of drug-likeness (QED) is 0.657. The predicted molar refractivity (Wildman–Crippen MR) is 65.4 cm³/mol. The van der Waals surface area contributed by atoms with Gasteiger partial charge in [-0.25, -0.2) is 4.98 Å². The Bertz CT molecular complexity index is 496. The summed E-state index contributed by atoms with van der Waals surface area (Å²) in [5, 5.41) is 8.02. The average molecular weight is 250 g/mol. The van der Waals surface area contributed by atoms with E-state index in [1.807, 2.05) is 24.3 Å². The van der Waals surface area contributed by atoms with Gasteiger partial charge in [0, 0.05) is 10.6 Å². The van der Waals surface area contributed by atoms with Gasteiger partial charge in [-0.05, 0) is 24.3 Å². The van der Waals surface area contributed by atoms with Crippen LogP contribution in [0.4, 0.5) is 0 Å². The van der Waals surface area contributed by atoms with Crippen LogP contribution in [0.25, 0.3) is 0 Å². The molecule has 0 spiro atoms. The topological polar surface area (TPSA) is 41.6 Å². The maximum atomic E-state index is 5.77. The SMILES string of the molecule is Clc1ccc(C#CCSc2ncn[nH]2)cc1. The standard InChI is InChI=1S/C11H8ClN3S/c12-10-5-3-9(4-6-10)2-1-7-16-11-13-8-14-15-11/h3-6,8H,7H2,(H,13,14,15). The number of halogens is 1. The summed E-state index contributed by atoms with van der Waals surface area (Å²) in [7, 11) is 0. The van der Waals surface area contributed by atoms with Gasteiger partial charge in [0.15, 0.2) is 5.16 Å². The van der Waals surface area contributed by atoms with Crippen LogP contribution in [0.1, 0.15) is 5.56 Å². The second-order valence-corrected chi connectivity index (χ2v) is 4.29. The molecule has 0 aliphatic rings. The van der Waals surface area contributed by atoms with Crippen LogP contribution < -0.4 is 0 Å². The maximum Gasteiger partial charge on any atom is 0.184 e. The molecule has 1 aromatic heterocycles. The molecule has 0 saturated carbocycles. The van der Waals surface area contributed by atoms with Crippen LogP contribution in [-0.4, -0.2) is 20.9 Å². The number of benzene rings is 1. The smallest absolute Gasteiger partial charge is 0.184 e. The third-order valence-corrected chi connectivity index (χ3v) is 2.76. The second-order valence-electron chi connectivity index (χ2n) is 2.89. The lowest BCUT2D eigenvalue weighted by molar-refractivity contribution is 0.975. The summed E-state index contributed by atoms with van der Waals surface area (Å²) in [5.74, 6) is 6.76. The van der Waals surface area contributed by atoms with E-state index in [0.29, 0.717) is 5.75 Å². The van der Waals surface area contributed by atoms with Gasteiger partial charge in [-0.3, -0.25) is 5.10 Å². The van der Waals surface area contributed by atoms with Crippen LogP contribution in [-0.2, 0) is 0 Å². The molecule has 1 aromatic carbocycles. The van der Waals surface area contributed by atoms with Crippen LogP contribution in [0.3, 0.4) is 0 Å². The Labute approximate surface area is 103 Å². The molecule has 0 unspecified atom stereocenters. The van der Waals surface area contributed by atoms with Crippen molar-refractivity contribution < 1.29 is 0 Å². The van der Waals surface area contributed by atoms with Crippen LogP contribution in [0, 0.1) is 11.8 Å². The molecule has 2 rings (SSSR count). The maximum absolute atomic E-state index is 5.77. The van der Waals surface area contributed by atoms with Crippen LogP contribution in [0.5, 0.6) is 0 Å². The predicted octanol–water partition coefficient (Wildman–Crippen LogP) is 2.60. The Hall–Kier alpha value is -1.44. The van der Waals surface area contributed by atoms with Crippen molar-refractivity contribution in [1.29, 1.82) is 0 Å². The molecule has 0 atom stereocenters. The number of hydrogen-bond donors (Lipinski definition) is 1. The van der Waals surface area contributed by atoms with Crippen molar-refractivity contribution in [3.8, 4) is 11.8 Å². The highest BCUT2D eigenvalue weighted by Crippen LogP contribution is 2.10. The molecule has 0 bridgehead atoms. The third-order valence-electron chi connectivity index (χ3n) is 1.75. The fourth-order valence-corrected chi connectivity index (χ4v) is 1.69. The first-order valence-electron chi connectivity index (χ1n) is 4.57. The van der Waals surface area contributed by atoms with Gasteiger partial charge in [-0.2, -0.15) is 5.10 Å². The van der Waals surface area contributed by atoms with Crippen molar-refractivity contribution in [2.24, 2.45) is 0 Å². The van der Waals surface area contributed by atoms with Crippen molar-refractivity contribution in [3.63, 3.8) is 0 Å². The Kier molecular flexibility index (Phi) is 3.86. The molecule has 16 heavy (non-hydrogen) atoms. The highest BCUT2D eigenvalue weighted by molar-refractivity contribution is 7.99. The molecule has 0 aliphatic heterocycles. The van der Waals surface area contributed by atoms with E-state index < -0.39 is 0 Å². The number of aromatic nitrogens is 3. The highest BCUT2D eigenvalue weighted by Gasteiger charge is 1.92. The molecule has 80 valence electrons. The number of nitrogens with one attached hydrogen (secondary N) is 1. The lowest BCUT2D eigenvalue weighted by Gasteiger charge is -1.90. The Morgan fingerprint density at radius 2 is 2.12 bits per heavy atom. The van der Waals surface area contributed by atoms with Gasteiger partial charge in [-0.15, -0.1) is 0 Å². The zero-order chi connectivity index (χ0) is 11.2. The van der Waals surface area contributed by atoms with Gasteiger partial charge in [0.05, 0.1) is 5.75 Å². The van der Waals surface area contributed by atoms with Gasteiger partial charge in [0.25, 0.3) is 0 Å². The minimum absolute atomic E-state index is 0.678. The Balaban J connectivity index is 1.88. The number of nitrogens with zero attached hydrogens (tertiary/aromatic N) is 2. The van der Waals surface area contributed by atoms with Gasteiger partial charge >= 0.3 is 0 Å². The van der Waals surface area contributed by atoms with Crippen molar-refractivity contribution >= 4 is 23.4 Å². The summed E-state index contributed by atoms with van der Waals surface area (Å²) in [6, 6.07) is 7.45. The van der Waals surface area contributed by atoms with Crippen molar-refractivity contribution in [3.05, 3.63) is 41.2 Å². The second kappa shape index (κ2) is 5.59. The molecule has 0 fully saturated rings. The molecule has 0 radical (unpaired) electrons. The Morgan fingerprint density at radius 3 is 2.81 bits per heavy atom. The fraction of sp³-hybridized carbons (Fsp3) is 0.0909. The van der Waals surface area contributed by atoms with Gasteiger partial charge in [-0.1, -0.05) is 35.2 Å². The van der Waals surface area contributed by atoms with Crippen molar-refractivity contribution in [1.82, 2.24) is 15.2 Å². The van der Waals surface area contributed by atoms with Gasteiger partial charge in [0.2, 0.25) is 0 Å². The van der Waals surface area contributed by atoms with E-state index in [1.165, 1.54) is 18.1 Å². The zero-order valence-corrected chi connectivity index (χ0v) is 9.85. The molecular formula is C11H8ClN3S. The third kappa shape index (κ3) is 3.30. The van der Waals surface area contributed by atoms with Crippen LogP contribution in [0.15, 0.2) is 35.7 Å². The number of hydrogen-bond acceptors (Lipinski definition) is 3. The first kappa shape index (κ1) is 11.1. The highest BCUT2D eigenvalue weighted by atomic mass is 35.5. The summed E-state index contributed by atoms with van der Waals surface area (Å²) in [6.45, 7) is 0. The lowest BCUT2D eigenvalue weighted by atomic mass is 10.2. The molecule has 2 aromatic rings. The monoisotopic (exact) mass is 249 g/mol. The first-order chi connectivity index (χ1) is 7.84. The largest absolute Gasteiger partial charge is 0.254 e. The molecular weight excluding hydrogens is 242 g/mol. The molecule has 1 N–H and O–H groups in total. The van der Waals surface area contributed by atoms with E-state index in [9.17, 15) is 0 Å². The zero-order valence-electron chi connectivity index (χ0n) is 8.27. The van der Waals surface area contributed by atoms with E-state index in [1.54, 1.807) is 0 Å². The number of thioether (sulfide) groups is 1. The number of aromatic amines is 1. The summed E-state index contributed by atoms with van der Waals surface area (Å²) in [6.07, 6.45) is 1.48. The molecule has 0 saturated heterocycles. The van der Waals surface area contributed by atoms with Gasteiger partial charge in [0.1, 0.15) is 6.33 Å². The molecule has 0 amide bonds. The van der Waals surface area contributed by atoms with E-state index in [2.05, 4.69) is 27.0 Å². The molecule has 0 aliphatic carbocycles. The van der Waals surface area contributed by atoms with E-state index in [4.69, 9.17) is 11.6 Å². The van der Waals surface area contributed by atoms with E-state index in [0.717, 1.165) is 15.7 Å². The summed E-state index contributed by atoms with van der Waals surface area (Å²) in [4.78, 5) is 3.98. The fourth-order valence-electron chi connectivity index (χ4n) is 1.04. The van der Waals surface area contributed by atoms with Gasteiger partial charge < -0.3 is 0 Å². The van der Waals surface area contributed by atoms with E-state index >= 15 is 0 Å². The normalized spacial score (nSPS) is 9.56. The van der Waals surface area contributed by atoms with Crippen LogP contribution in [0.2, 0.25) is 5.02 Å². The molecule has 5 heteroatoms. The first-order valence-corrected chi connectivity index (χ1v) is 5.93. The lowest BCUT2D eigenvalue weighted by Crippen LogP contribution is -1.78. The number of rotatable bonds is 2. The average Bonchev–Trinajstić information content (AvgIpc) is 2.80. The number of H-pyrrole nitrogens is 1.